The highest BCUT2D eigenvalue weighted by Gasteiger charge is 2.35. The minimum atomic E-state index is -0.0161. The van der Waals surface area contributed by atoms with E-state index < -0.39 is 0 Å². The van der Waals surface area contributed by atoms with Crippen molar-refractivity contribution in [3.63, 3.8) is 0 Å². The summed E-state index contributed by atoms with van der Waals surface area (Å²) in [6.07, 6.45) is 3.83. The van der Waals surface area contributed by atoms with Crippen LogP contribution in [0.25, 0.3) is 0 Å². The molecule has 2 aliphatic rings. The van der Waals surface area contributed by atoms with Crippen LogP contribution in [0.5, 0.6) is 0 Å². The second-order valence-electron chi connectivity index (χ2n) is 5.71. The van der Waals surface area contributed by atoms with E-state index in [2.05, 4.69) is 5.32 Å². The van der Waals surface area contributed by atoms with E-state index in [9.17, 15) is 9.59 Å². The van der Waals surface area contributed by atoms with Crippen LogP contribution in [0.1, 0.15) is 36.0 Å². The molecule has 1 aliphatic carbocycles. The fraction of sp³-hybridized carbons (Fsp3) is 0.500. The summed E-state index contributed by atoms with van der Waals surface area (Å²) in [7, 11) is 0. The van der Waals surface area contributed by atoms with Gasteiger partial charge in [-0.1, -0.05) is 18.2 Å². The van der Waals surface area contributed by atoms with Crippen molar-refractivity contribution >= 4 is 11.8 Å². The highest BCUT2D eigenvalue weighted by Crippen LogP contribution is 2.31. The van der Waals surface area contributed by atoms with Crippen molar-refractivity contribution in [3.05, 3.63) is 35.9 Å². The van der Waals surface area contributed by atoms with Gasteiger partial charge in [0.2, 0.25) is 5.91 Å². The number of nitrogens with one attached hydrogen (secondary N) is 1. The van der Waals surface area contributed by atoms with E-state index in [0.29, 0.717) is 17.4 Å². The number of carbonyl (C=O) groups is 2. The van der Waals surface area contributed by atoms with Gasteiger partial charge in [0, 0.05) is 30.6 Å². The summed E-state index contributed by atoms with van der Waals surface area (Å²) in [4.78, 5) is 26.0. The molecule has 1 saturated carbocycles. The van der Waals surface area contributed by atoms with E-state index in [1.165, 1.54) is 0 Å². The Balaban J connectivity index is 1.49. The zero-order valence-corrected chi connectivity index (χ0v) is 11.5. The lowest BCUT2D eigenvalue weighted by Gasteiger charge is -2.32. The van der Waals surface area contributed by atoms with Gasteiger partial charge in [-0.2, -0.15) is 0 Å². The Bertz CT molecular complexity index is 488. The number of amides is 2. The summed E-state index contributed by atoms with van der Waals surface area (Å²) < 4.78 is 0. The van der Waals surface area contributed by atoms with Crippen molar-refractivity contribution in [3.8, 4) is 0 Å². The molecule has 1 aromatic rings. The molecular weight excluding hydrogens is 252 g/mol. The topological polar surface area (TPSA) is 49.4 Å². The summed E-state index contributed by atoms with van der Waals surface area (Å²) in [6, 6.07) is 9.46. The van der Waals surface area contributed by atoms with Crippen LogP contribution in [-0.4, -0.2) is 35.8 Å². The van der Waals surface area contributed by atoms with Crippen LogP contribution in [0.4, 0.5) is 0 Å². The average molecular weight is 272 g/mol. The molecule has 0 radical (unpaired) electrons. The van der Waals surface area contributed by atoms with Crippen molar-refractivity contribution in [2.45, 2.75) is 31.7 Å². The van der Waals surface area contributed by atoms with Crippen LogP contribution in [0.15, 0.2) is 30.3 Å². The van der Waals surface area contributed by atoms with Crippen LogP contribution in [0.3, 0.4) is 0 Å². The summed E-state index contributed by atoms with van der Waals surface area (Å²) in [5, 5.41) is 3.06. The molecule has 2 amide bonds. The second-order valence-corrected chi connectivity index (χ2v) is 5.71. The lowest BCUT2D eigenvalue weighted by atomic mass is 10.0. The normalized spacial score (nSPS) is 19.7. The summed E-state index contributed by atoms with van der Waals surface area (Å²) in [6.45, 7) is 1.55. The smallest absolute Gasteiger partial charge is 0.251 e. The van der Waals surface area contributed by atoms with Crippen molar-refractivity contribution in [1.82, 2.24) is 10.2 Å². The lowest BCUT2D eigenvalue weighted by Crippen LogP contribution is -2.47. The van der Waals surface area contributed by atoms with Gasteiger partial charge in [-0.05, 0) is 37.8 Å². The predicted octanol–water partition coefficient (Wildman–Crippen LogP) is 1.82. The molecule has 20 heavy (non-hydrogen) atoms. The van der Waals surface area contributed by atoms with Gasteiger partial charge in [0.1, 0.15) is 0 Å². The maximum absolute atomic E-state index is 12.1. The van der Waals surface area contributed by atoms with Gasteiger partial charge in [0.05, 0.1) is 0 Å². The first-order valence-corrected chi connectivity index (χ1v) is 7.39. The number of benzene rings is 1. The van der Waals surface area contributed by atoms with E-state index in [0.717, 1.165) is 38.8 Å². The Morgan fingerprint density at radius 3 is 2.25 bits per heavy atom. The van der Waals surface area contributed by atoms with E-state index in [1.807, 2.05) is 35.2 Å². The first-order chi connectivity index (χ1) is 9.74. The number of nitrogens with zero attached hydrogens (tertiary/aromatic N) is 1. The monoisotopic (exact) mass is 272 g/mol. The molecule has 0 unspecified atom stereocenters. The molecule has 4 nitrogen and oxygen atoms in total. The number of likely N-dealkylation sites (tertiary alicyclic amines) is 1. The third-order valence-electron chi connectivity index (χ3n) is 4.10. The molecule has 1 heterocycles. The molecule has 1 aromatic carbocycles. The largest absolute Gasteiger partial charge is 0.349 e. The predicted molar refractivity (Wildman–Crippen MR) is 76.2 cm³/mol. The summed E-state index contributed by atoms with van der Waals surface area (Å²) in [5.74, 6) is 0.598. The fourth-order valence-electron chi connectivity index (χ4n) is 2.69. The van der Waals surface area contributed by atoms with Gasteiger partial charge in [0.15, 0.2) is 0 Å². The van der Waals surface area contributed by atoms with Crippen molar-refractivity contribution in [1.29, 1.82) is 0 Å². The third-order valence-corrected chi connectivity index (χ3v) is 4.10. The minimum absolute atomic E-state index is 0.0161. The maximum atomic E-state index is 12.1. The fourth-order valence-corrected chi connectivity index (χ4v) is 2.69. The zero-order valence-electron chi connectivity index (χ0n) is 11.5. The summed E-state index contributed by atoms with van der Waals surface area (Å²) in [5.41, 5.74) is 0.698. The summed E-state index contributed by atoms with van der Waals surface area (Å²) >= 11 is 0. The number of rotatable bonds is 3. The molecule has 1 N–H and O–H groups in total. The number of hydrogen-bond donors (Lipinski definition) is 1. The van der Waals surface area contributed by atoms with Gasteiger partial charge in [0.25, 0.3) is 5.91 Å². The molecular formula is C16H20N2O2. The molecule has 0 atom stereocenters. The first kappa shape index (κ1) is 13.2. The van der Waals surface area contributed by atoms with Gasteiger partial charge in [-0.15, -0.1) is 0 Å². The van der Waals surface area contributed by atoms with Crippen LogP contribution in [-0.2, 0) is 4.79 Å². The van der Waals surface area contributed by atoms with Crippen molar-refractivity contribution in [2.75, 3.05) is 13.1 Å². The van der Waals surface area contributed by atoms with Gasteiger partial charge < -0.3 is 10.2 Å². The van der Waals surface area contributed by atoms with E-state index in [1.54, 1.807) is 0 Å². The van der Waals surface area contributed by atoms with Crippen LogP contribution < -0.4 is 5.32 Å². The van der Waals surface area contributed by atoms with Gasteiger partial charge in [-0.25, -0.2) is 0 Å². The Kier molecular flexibility index (Phi) is 3.72. The minimum Gasteiger partial charge on any atom is -0.349 e. The molecule has 0 spiro atoms. The first-order valence-electron chi connectivity index (χ1n) is 7.39. The molecule has 1 saturated heterocycles. The van der Waals surface area contributed by atoms with Crippen molar-refractivity contribution < 1.29 is 9.59 Å². The van der Waals surface area contributed by atoms with Gasteiger partial charge >= 0.3 is 0 Å². The molecule has 1 aliphatic heterocycles. The highest BCUT2D eigenvalue weighted by molar-refractivity contribution is 5.94. The van der Waals surface area contributed by atoms with E-state index >= 15 is 0 Å². The highest BCUT2D eigenvalue weighted by atomic mass is 16.2. The number of piperidine rings is 1. The average Bonchev–Trinajstić information content (AvgIpc) is 3.33. The van der Waals surface area contributed by atoms with Crippen molar-refractivity contribution in [2.24, 2.45) is 5.92 Å². The molecule has 4 heteroatoms. The SMILES string of the molecule is O=C(NC1CCN(C(=O)C2CC2)CC1)c1ccccc1. The Morgan fingerprint density at radius 2 is 1.65 bits per heavy atom. The second kappa shape index (κ2) is 5.65. The van der Waals surface area contributed by atoms with E-state index in [-0.39, 0.29) is 11.9 Å². The maximum Gasteiger partial charge on any atom is 0.251 e. The van der Waals surface area contributed by atoms with Crippen LogP contribution in [0.2, 0.25) is 0 Å². The standard InChI is InChI=1S/C16H20N2O2/c19-15(12-4-2-1-3-5-12)17-14-8-10-18(11-9-14)16(20)13-6-7-13/h1-5,13-14H,6-11H2,(H,17,19). The Labute approximate surface area is 119 Å². The molecule has 0 aromatic heterocycles. The van der Waals surface area contributed by atoms with Gasteiger partial charge in [-0.3, -0.25) is 9.59 Å². The molecule has 106 valence electrons. The van der Waals surface area contributed by atoms with Crippen LogP contribution in [0, 0.1) is 5.92 Å². The van der Waals surface area contributed by atoms with Crippen LogP contribution >= 0.6 is 0 Å². The zero-order chi connectivity index (χ0) is 13.9. The molecule has 3 rings (SSSR count). The molecule has 0 bridgehead atoms. The molecule has 2 fully saturated rings. The quantitative estimate of drug-likeness (QED) is 0.912. The number of hydrogen-bond acceptors (Lipinski definition) is 2. The third kappa shape index (κ3) is 3.00. The van der Waals surface area contributed by atoms with E-state index in [4.69, 9.17) is 0 Å². The Hall–Kier alpha value is -1.84. The number of carbonyl (C=O) groups excluding carboxylic acids is 2. The lowest BCUT2D eigenvalue weighted by molar-refractivity contribution is -0.133. The Morgan fingerprint density at radius 1 is 1.00 bits per heavy atom.